The van der Waals surface area contributed by atoms with Crippen LogP contribution in [0, 0.1) is 0 Å². The fourth-order valence-corrected chi connectivity index (χ4v) is 3.62. The molecule has 5 nitrogen and oxygen atoms in total. The molecule has 1 unspecified atom stereocenters. The van der Waals surface area contributed by atoms with Crippen LogP contribution in [-0.2, 0) is 15.6 Å². The van der Waals surface area contributed by atoms with Crippen molar-refractivity contribution >= 4 is 26.7 Å². The van der Waals surface area contributed by atoms with Crippen molar-refractivity contribution in [3.05, 3.63) is 71.5 Å². The van der Waals surface area contributed by atoms with E-state index in [0.717, 1.165) is 16.7 Å². The zero-order valence-corrected chi connectivity index (χ0v) is 15.8. The molecule has 2 aromatic carbocycles. The number of hydrogen-bond donors (Lipinski definition) is 0. The standard InChI is InChI=1S/C20H21NO4S/c1-14(19-12-17-6-4-5-7-18(17)25-19)21(2)20(22)16-10-8-15(9-11-16)13-26(3,23)24/h4-12,14H,13H2,1-3H3. The molecule has 136 valence electrons. The smallest absolute Gasteiger partial charge is 0.254 e. The van der Waals surface area contributed by atoms with Gasteiger partial charge in [0.1, 0.15) is 11.3 Å². The Kier molecular flexibility index (Phi) is 4.87. The Morgan fingerprint density at radius 1 is 1.12 bits per heavy atom. The van der Waals surface area contributed by atoms with Crippen molar-refractivity contribution in [2.24, 2.45) is 0 Å². The van der Waals surface area contributed by atoms with Crippen molar-refractivity contribution in [2.45, 2.75) is 18.7 Å². The first-order valence-electron chi connectivity index (χ1n) is 8.27. The third-order valence-electron chi connectivity index (χ3n) is 4.39. The fourth-order valence-electron chi connectivity index (χ4n) is 2.82. The first kappa shape index (κ1) is 18.2. The molecule has 26 heavy (non-hydrogen) atoms. The highest BCUT2D eigenvalue weighted by atomic mass is 32.2. The average Bonchev–Trinajstić information content (AvgIpc) is 3.03. The summed E-state index contributed by atoms with van der Waals surface area (Å²) in [6.45, 7) is 1.91. The van der Waals surface area contributed by atoms with E-state index in [1.165, 1.54) is 6.26 Å². The lowest BCUT2D eigenvalue weighted by Gasteiger charge is -2.23. The van der Waals surface area contributed by atoms with Gasteiger partial charge < -0.3 is 9.32 Å². The van der Waals surface area contributed by atoms with Gasteiger partial charge in [-0.25, -0.2) is 8.42 Å². The lowest BCUT2D eigenvalue weighted by molar-refractivity contribution is 0.0727. The van der Waals surface area contributed by atoms with Crippen LogP contribution in [0.4, 0.5) is 0 Å². The molecular weight excluding hydrogens is 350 g/mol. The molecule has 0 aliphatic heterocycles. The molecule has 1 amide bonds. The van der Waals surface area contributed by atoms with Crippen LogP contribution in [-0.4, -0.2) is 32.5 Å². The number of amides is 1. The summed E-state index contributed by atoms with van der Waals surface area (Å²) in [5.41, 5.74) is 1.96. The maximum atomic E-state index is 12.7. The number of rotatable bonds is 5. The maximum Gasteiger partial charge on any atom is 0.254 e. The summed E-state index contributed by atoms with van der Waals surface area (Å²) in [4.78, 5) is 14.4. The Morgan fingerprint density at radius 3 is 2.38 bits per heavy atom. The highest BCUT2D eigenvalue weighted by Gasteiger charge is 2.22. The van der Waals surface area contributed by atoms with Gasteiger partial charge in [-0.2, -0.15) is 0 Å². The highest BCUT2D eigenvalue weighted by Crippen LogP contribution is 2.27. The molecule has 1 atom stereocenters. The van der Waals surface area contributed by atoms with Crippen LogP contribution in [0.3, 0.4) is 0 Å². The Bertz CT molecular complexity index is 1000. The molecule has 3 aromatic rings. The second-order valence-corrected chi connectivity index (χ2v) is 8.69. The lowest BCUT2D eigenvalue weighted by Crippen LogP contribution is -2.29. The summed E-state index contributed by atoms with van der Waals surface area (Å²) < 4.78 is 28.6. The molecule has 1 heterocycles. The average molecular weight is 371 g/mol. The van der Waals surface area contributed by atoms with Gasteiger partial charge in [0.05, 0.1) is 11.8 Å². The van der Waals surface area contributed by atoms with Crippen molar-refractivity contribution < 1.29 is 17.6 Å². The molecule has 0 aliphatic rings. The normalized spacial score (nSPS) is 12.9. The van der Waals surface area contributed by atoms with E-state index in [1.54, 1.807) is 36.2 Å². The van der Waals surface area contributed by atoms with E-state index in [4.69, 9.17) is 4.42 Å². The zero-order chi connectivity index (χ0) is 18.9. The number of furan rings is 1. The SMILES string of the molecule is CC(c1cc2ccccc2o1)N(C)C(=O)c1ccc(CS(C)(=O)=O)cc1. The molecule has 0 radical (unpaired) electrons. The molecule has 0 spiro atoms. The lowest BCUT2D eigenvalue weighted by atomic mass is 10.1. The van der Waals surface area contributed by atoms with Gasteiger partial charge in [-0.15, -0.1) is 0 Å². The van der Waals surface area contributed by atoms with E-state index >= 15 is 0 Å². The third-order valence-corrected chi connectivity index (χ3v) is 5.25. The summed E-state index contributed by atoms with van der Waals surface area (Å²) in [5, 5.41) is 1.00. The van der Waals surface area contributed by atoms with E-state index in [-0.39, 0.29) is 17.7 Å². The number of carbonyl (C=O) groups is 1. The van der Waals surface area contributed by atoms with E-state index in [0.29, 0.717) is 11.1 Å². The zero-order valence-electron chi connectivity index (χ0n) is 15.0. The van der Waals surface area contributed by atoms with Gasteiger partial charge in [0.15, 0.2) is 9.84 Å². The first-order valence-corrected chi connectivity index (χ1v) is 10.3. The second-order valence-electron chi connectivity index (χ2n) is 6.55. The molecule has 0 aliphatic carbocycles. The molecule has 0 saturated carbocycles. The van der Waals surface area contributed by atoms with Crippen LogP contribution in [0.25, 0.3) is 11.0 Å². The minimum Gasteiger partial charge on any atom is -0.459 e. The van der Waals surface area contributed by atoms with Crippen LogP contribution < -0.4 is 0 Å². The van der Waals surface area contributed by atoms with Crippen LogP contribution in [0.2, 0.25) is 0 Å². The Morgan fingerprint density at radius 2 is 1.77 bits per heavy atom. The molecule has 0 fully saturated rings. The summed E-state index contributed by atoms with van der Waals surface area (Å²) in [7, 11) is -1.37. The fraction of sp³-hybridized carbons (Fsp3) is 0.250. The summed E-state index contributed by atoms with van der Waals surface area (Å²) in [6.07, 6.45) is 1.19. The molecule has 0 bridgehead atoms. The molecule has 0 saturated heterocycles. The number of sulfone groups is 1. The molecular formula is C20H21NO4S. The maximum absolute atomic E-state index is 12.7. The first-order chi connectivity index (χ1) is 12.2. The number of hydrogen-bond acceptors (Lipinski definition) is 4. The number of fused-ring (bicyclic) bond motifs is 1. The topological polar surface area (TPSA) is 67.6 Å². The van der Waals surface area contributed by atoms with E-state index in [1.807, 2.05) is 37.3 Å². The third kappa shape index (κ3) is 3.96. The summed E-state index contributed by atoms with van der Waals surface area (Å²) in [5.74, 6) is 0.534. The van der Waals surface area contributed by atoms with E-state index < -0.39 is 9.84 Å². The predicted octanol–water partition coefficient (Wildman–Crippen LogP) is 3.81. The van der Waals surface area contributed by atoms with Crippen molar-refractivity contribution in [1.82, 2.24) is 4.90 Å². The molecule has 6 heteroatoms. The van der Waals surface area contributed by atoms with E-state index in [9.17, 15) is 13.2 Å². The number of nitrogens with zero attached hydrogens (tertiary/aromatic N) is 1. The number of carbonyl (C=O) groups excluding carboxylic acids is 1. The second kappa shape index (κ2) is 6.96. The predicted molar refractivity (Wildman–Crippen MR) is 102 cm³/mol. The minimum absolute atomic E-state index is 0.0350. The molecule has 0 N–H and O–H groups in total. The number of para-hydroxylation sites is 1. The van der Waals surface area contributed by atoms with Crippen LogP contribution >= 0.6 is 0 Å². The van der Waals surface area contributed by atoms with Crippen LogP contribution in [0.15, 0.2) is 59.0 Å². The Balaban J connectivity index is 1.78. The Hall–Kier alpha value is -2.60. The highest BCUT2D eigenvalue weighted by molar-refractivity contribution is 7.89. The van der Waals surface area contributed by atoms with Gasteiger partial charge in [-0.1, -0.05) is 30.3 Å². The van der Waals surface area contributed by atoms with Gasteiger partial charge in [0.2, 0.25) is 0 Å². The van der Waals surface area contributed by atoms with Crippen LogP contribution in [0.5, 0.6) is 0 Å². The summed E-state index contributed by atoms with van der Waals surface area (Å²) >= 11 is 0. The van der Waals surface area contributed by atoms with Gasteiger partial charge in [-0.05, 0) is 36.8 Å². The number of benzene rings is 2. The summed E-state index contributed by atoms with van der Waals surface area (Å²) in [6, 6.07) is 16.1. The monoisotopic (exact) mass is 371 g/mol. The van der Waals surface area contributed by atoms with Crippen molar-refractivity contribution in [3.63, 3.8) is 0 Å². The molecule has 3 rings (SSSR count). The molecule has 1 aromatic heterocycles. The van der Waals surface area contributed by atoms with Crippen molar-refractivity contribution in [3.8, 4) is 0 Å². The minimum atomic E-state index is -3.10. The van der Waals surface area contributed by atoms with E-state index in [2.05, 4.69) is 0 Å². The van der Waals surface area contributed by atoms with Gasteiger partial charge >= 0.3 is 0 Å². The van der Waals surface area contributed by atoms with Crippen molar-refractivity contribution in [2.75, 3.05) is 13.3 Å². The van der Waals surface area contributed by atoms with Gasteiger partial charge in [-0.3, -0.25) is 4.79 Å². The quantitative estimate of drug-likeness (QED) is 0.684. The van der Waals surface area contributed by atoms with Gasteiger partial charge in [0.25, 0.3) is 5.91 Å². The largest absolute Gasteiger partial charge is 0.459 e. The van der Waals surface area contributed by atoms with Gasteiger partial charge in [0, 0.05) is 24.3 Å². The van der Waals surface area contributed by atoms with Crippen molar-refractivity contribution in [1.29, 1.82) is 0 Å². The Labute approximate surface area is 153 Å². The van der Waals surface area contributed by atoms with Crippen LogP contribution in [0.1, 0.15) is 34.6 Å².